The molecule has 1 aromatic heterocycles. The van der Waals surface area contributed by atoms with Crippen LogP contribution in [0.3, 0.4) is 0 Å². The largest absolute Gasteiger partial charge is 0.390 e. The normalized spacial score (nSPS) is 24.1. The van der Waals surface area contributed by atoms with Gasteiger partial charge in [-0.3, -0.25) is 4.90 Å². The molecule has 3 rings (SSSR count). The molecule has 0 spiro atoms. The van der Waals surface area contributed by atoms with Gasteiger partial charge in [0.15, 0.2) is 0 Å². The molecule has 0 bridgehead atoms. The average molecular weight is 272 g/mol. The molecule has 1 saturated heterocycles. The van der Waals surface area contributed by atoms with E-state index in [-0.39, 0.29) is 6.04 Å². The number of hydrogen-bond acceptors (Lipinski definition) is 5. The Labute approximate surface area is 118 Å². The van der Waals surface area contributed by atoms with Gasteiger partial charge in [-0.2, -0.15) is 0 Å². The van der Waals surface area contributed by atoms with Crippen LogP contribution in [-0.2, 0) is 6.54 Å². The summed E-state index contributed by atoms with van der Waals surface area (Å²) in [4.78, 5) is 11.5. The van der Waals surface area contributed by atoms with Crippen LogP contribution in [0.1, 0.15) is 17.8 Å². The monoisotopic (exact) mass is 272 g/mol. The number of fused-ring (bicyclic) bond motifs is 1. The smallest absolute Gasteiger partial charge is 0.0890 e. The van der Waals surface area contributed by atoms with Crippen molar-refractivity contribution >= 4 is 11.0 Å². The summed E-state index contributed by atoms with van der Waals surface area (Å²) in [5.41, 5.74) is 9.61. The van der Waals surface area contributed by atoms with E-state index in [0.29, 0.717) is 13.1 Å². The number of aryl methyl sites for hydroxylation is 1. The van der Waals surface area contributed by atoms with E-state index in [9.17, 15) is 5.11 Å². The molecule has 0 radical (unpaired) electrons. The molecule has 1 fully saturated rings. The summed E-state index contributed by atoms with van der Waals surface area (Å²) in [6.07, 6.45) is 0.374. The first-order chi connectivity index (χ1) is 9.63. The number of piperidine rings is 1. The molecule has 2 atom stereocenters. The van der Waals surface area contributed by atoms with Crippen LogP contribution >= 0.6 is 0 Å². The number of para-hydroxylation sites is 2. The van der Waals surface area contributed by atoms with Crippen LogP contribution in [0, 0.1) is 6.92 Å². The Morgan fingerprint density at radius 2 is 2.00 bits per heavy atom. The lowest BCUT2D eigenvalue weighted by molar-refractivity contribution is 0.0493. The first-order valence-electron chi connectivity index (χ1n) is 7.02. The van der Waals surface area contributed by atoms with Crippen LogP contribution in [-0.4, -0.2) is 45.2 Å². The number of rotatable bonds is 2. The second kappa shape index (κ2) is 5.44. The third kappa shape index (κ3) is 2.65. The molecule has 0 amide bonds. The van der Waals surface area contributed by atoms with E-state index in [1.807, 2.05) is 31.2 Å². The van der Waals surface area contributed by atoms with Gasteiger partial charge in [0.25, 0.3) is 0 Å². The van der Waals surface area contributed by atoms with E-state index in [4.69, 9.17) is 10.7 Å². The molecule has 20 heavy (non-hydrogen) atoms. The number of aliphatic hydroxyl groups excluding tert-OH is 1. The summed E-state index contributed by atoms with van der Waals surface area (Å²) in [6.45, 7) is 4.20. The minimum Gasteiger partial charge on any atom is -0.390 e. The highest BCUT2D eigenvalue weighted by Crippen LogP contribution is 2.16. The molecule has 1 aliphatic rings. The Bertz CT molecular complexity index is 616. The minimum atomic E-state index is -0.447. The third-order valence-electron chi connectivity index (χ3n) is 3.93. The predicted molar refractivity (Wildman–Crippen MR) is 78.2 cm³/mol. The fourth-order valence-electron chi connectivity index (χ4n) is 2.65. The summed E-state index contributed by atoms with van der Waals surface area (Å²) in [6, 6.07) is 7.79. The summed E-state index contributed by atoms with van der Waals surface area (Å²) in [5, 5.41) is 9.86. The fourth-order valence-corrected chi connectivity index (χ4v) is 2.65. The molecule has 3 N–H and O–H groups in total. The van der Waals surface area contributed by atoms with Gasteiger partial charge in [0.2, 0.25) is 0 Å². The molecular formula is C15H20N4O. The topological polar surface area (TPSA) is 75.3 Å². The van der Waals surface area contributed by atoms with Gasteiger partial charge in [-0.15, -0.1) is 0 Å². The summed E-state index contributed by atoms with van der Waals surface area (Å²) >= 11 is 0. The zero-order valence-electron chi connectivity index (χ0n) is 11.7. The molecule has 0 aliphatic carbocycles. The molecule has 2 heterocycles. The number of aromatic nitrogens is 2. The number of benzene rings is 1. The molecule has 1 aromatic carbocycles. The maximum atomic E-state index is 9.86. The lowest BCUT2D eigenvalue weighted by atomic mass is 10.0. The third-order valence-corrected chi connectivity index (χ3v) is 3.93. The second-order valence-electron chi connectivity index (χ2n) is 5.50. The van der Waals surface area contributed by atoms with E-state index < -0.39 is 6.10 Å². The van der Waals surface area contributed by atoms with Crippen LogP contribution in [0.15, 0.2) is 24.3 Å². The Morgan fingerprint density at radius 1 is 1.30 bits per heavy atom. The molecule has 1 aliphatic heterocycles. The standard InChI is InChI=1S/C15H20N4O/c1-10-14(8-19-7-6-11(16)15(20)9-19)18-13-5-3-2-4-12(13)17-10/h2-5,11,15,20H,6-9,16H2,1H3/t11-,15-/m1/s1. The number of nitrogens with zero attached hydrogens (tertiary/aromatic N) is 3. The second-order valence-corrected chi connectivity index (χ2v) is 5.50. The Hall–Kier alpha value is -1.56. The SMILES string of the molecule is Cc1nc2ccccc2nc1CN1CC[C@@H](N)[C@H](O)C1. The number of nitrogens with two attached hydrogens (primary N) is 1. The quantitative estimate of drug-likeness (QED) is 0.847. The van der Waals surface area contributed by atoms with Crippen molar-refractivity contribution in [2.45, 2.75) is 32.0 Å². The highest BCUT2D eigenvalue weighted by atomic mass is 16.3. The first-order valence-corrected chi connectivity index (χ1v) is 7.02. The zero-order chi connectivity index (χ0) is 14.1. The van der Waals surface area contributed by atoms with Gasteiger partial charge in [-0.1, -0.05) is 12.1 Å². The van der Waals surface area contributed by atoms with Crippen molar-refractivity contribution in [3.63, 3.8) is 0 Å². The number of β-amino-alcohol motifs (C(OH)–C–C–N with tert-alkyl or cyclic N) is 1. The van der Waals surface area contributed by atoms with Gasteiger partial charge in [0.05, 0.1) is 28.5 Å². The van der Waals surface area contributed by atoms with Crippen molar-refractivity contribution in [3.05, 3.63) is 35.7 Å². The summed E-state index contributed by atoms with van der Waals surface area (Å²) in [5.74, 6) is 0. The average Bonchev–Trinajstić information content (AvgIpc) is 2.44. The predicted octanol–water partition coefficient (Wildman–Crippen LogP) is 0.832. The van der Waals surface area contributed by atoms with Crippen molar-refractivity contribution in [2.24, 2.45) is 5.73 Å². The zero-order valence-corrected chi connectivity index (χ0v) is 11.7. The van der Waals surface area contributed by atoms with Crippen LogP contribution in [0.5, 0.6) is 0 Å². The molecule has 106 valence electrons. The maximum absolute atomic E-state index is 9.86. The van der Waals surface area contributed by atoms with Crippen LogP contribution in [0.4, 0.5) is 0 Å². The molecule has 2 aromatic rings. The van der Waals surface area contributed by atoms with Crippen LogP contribution < -0.4 is 5.73 Å². The molecular weight excluding hydrogens is 252 g/mol. The van der Waals surface area contributed by atoms with E-state index in [2.05, 4.69) is 9.88 Å². The van der Waals surface area contributed by atoms with Gasteiger partial charge in [-0.25, -0.2) is 9.97 Å². The van der Waals surface area contributed by atoms with E-state index in [1.54, 1.807) is 0 Å². The maximum Gasteiger partial charge on any atom is 0.0890 e. The van der Waals surface area contributed by atoms with Crippen molar-refractivity contribution < 1.29 is 5.11 Å². The highest BCUT2D eigenvalue weighted by Gasteiger charge is 2.25. The van der Waals surface area contributed by atoms with Crippen molar-refractivity contribution in [1.29, 1.82) is 0 Å². The van der Waals surface area contributed by atoms with Gasteiger partial charge < -0.3 is 10.8 Å². The van der Waals surface area contributed by atoms with Crippen molar-refractivity contribution in [2.75, 3.05) is 13.1 Å². The number of likely N-dealkylation sites (tertiary alicyclic amines) is 1. The summed E-state index contributed by atoms with van der Waals surface area (Å²) in [7, 11) is 0. The summed E-state index contributed by atoms with van der Waals surface area (Å²) < 4.78 is 0. The number of aliphatic hydroxyl groups is 1. The number of hydrogen-bond donors (Lipinski definition) is 2. The van der Waals surface area contributed by atoms with Gasteiger partial charge >= 0.3 is 0 Å². The molecule has 0 saturated carbocycles. The molecule has 0 unspecified atom stereocenters. The van der Waals surface area contributed by atoms with Gasteiger partial charge in [0.1, 0.15) is 0 Å². The van der Waals surface area contributed by atoms with Crippen LogP contribution in [0.2, 0.25) is 0 Å². The lowest BCUT2D eigenvalue weighted by Gasteiger charge is -2.33. The van der Waals surface area contributed by atoms with Gasteiger partial charge in [0, 0.05) is 25.7 Å². The van der Waals surface area contributed by atoms with Crippen LogP contribution in [0.25, 0.3) is 11.0 Å². The van der Waals surface area contributed by atoms with E-state index in [0.717, 1.165) is 35.4 Å². The van der Waals surface area contributed by atoms with Gasteiger partial charge in [-0.05, 0) is 25.5 Å². The van der Waals surface area contributed by atoms with E-state index in [1.165, 1.54) is 0 Å². The Balaban J connectivity index is 1.82. The first kappa shape index (κ1) is 13.4. The minimum absolute atomic E-state index is 0.102. The van der Waals surface area contributed by atoms with Crippen molar-refractivity contribution in [3.8, 4) is 0 Å². The Kier molecular flexibility index (Phi) is 3.65. The fraction of sp³-hybridized carbons (Fsp3) is 0.467. The lowest BCUT2D eigenvalue weighted by Crippen LogP contribution is -2.50. The van der Waals surface area contributed by atoms with Crippen molar-refractivity contribution in [1.82, 2.24) is 14.9 Å². The highest BCUT2D eigenvalue weighted by molar-refractivity contribution is 5.74. The molecule has 5 heteroatoms. The molecule has 5 nitrogen and oxygen atoms in total. The van der Waals surface area contributed by atoms with E-state index >= 15 is 0 Å². The Morgan fingerprint density at radius 3 is 2.70 bits per heavy atom.